The lowest BCUT2D eigenvalue weighted by molar-refractivity contribution is 0.265. The molecule has 4 nitrogen and oxygen atoms in total. The minimum absolute atomic E-state index is 0.155. The second-order valence-corrected chi connectivity index (χ2v) is 2.94. The van der Waals surface area contributed by atoms with E-state index >= 15 is 0 Å². The van der Waals surface area contributed by atoms with Gasteiger partial charge in [-0.15, -0.1) is 0 Å². The van der Waals surface area contributed by atoms with E-state index in [2.05, 4.69) is 4.98 Å². The molecule has 13 heavy (non-hydrogen) atoms. The number of aromatic nitrogens is 1. The Kier molecular flexibility index (Phi) is 3.48. The van der Waals surface area contributed by atoms with Gasteiger partial charge in [-0.05, 0) is 0 Å². The van der Waals surface area contributed by atoms with E-state index in [4.69, 9.17) is 27.2 Å². The zero-order valence-electron chi connectivity index (χ0n) is 7.20. The standard InChI is InChI=1S/C8H11ClN2O2/c1-13-8-2-7(6(10)4-12)11-3-5(8)9/h2-3,6,12H,4,10H2,1H3. The van der Waals surface area contributed by atoms with Crippen LogP contribution in [0.4, 0.5) is 0 Å². The molecule has 72 valence electrons. The summed E-state index contributed by atoms with van der Waals surface area (Å²) in [5, 5.41) is 9.21. The number of rotatable bonds is 3. The maximum absolute atomic E-state index is 8.78. The van der Waals surface area contributed by atoms with Crippen molar-refractivity contribution in [1.29, 1.82) is 0 Å². The smallest absolute Gasteiger partial charge is 0.140 e. The van der Waals surface area contributed by atoms with E-state index in [0.29, 0.717) is 16.5 Å². The summed E-state index contributed by atoms with van der Waals surface area (Å²) in [7, 11) is 1.51. The highest BCUT2D eigenvalue weighted by molar-refractivity contribution is 6.31. The number of ether oxygens (including phenoxy) is 1. The molecule has 3 N–H and O–H groups in total. The van der Waals surface area contributed by atoms with E-state index in [0.717, 1.165) is 0 Å². The molecule has 0 aromatic carbocycles. The Labute approximate surface area is 81.3 Å². The first-order valence-corrected chi connectivity index (χ1v) is 4.12. The van der Waals surface area contributed by atoms with E-state index in [9.17, 15) is 0 Å². The van der Waals surface area contributed by atoms with Crippen LogP contribution in [0.15, 0.2) is 12.3 Å². The van der Waals surface area contributed by atoms with Gasteiger partial charge in [0, 0.05) is 12.3 Å². The Morgan fingerprint density at radius 2 is 2.46 bits per heavy atom. The van der Waals surface area contributed by atoms with Crippen LogP contribution < -0.4 is 10.5 Å². The fraction of sp³-hybridized carbons (Fsp3) is 0.375. The normalized spacial score (nSPS) is 12.6. The third-order valence-corrected chi connectivity index (χ3v) is 1.92. The summed E-state index contributed by atoms with van der Waals surface area (Å²) < 4.78 is 4.97. The van der Waals surface area contributed by atoms with Gasteiger partial charge in [0.25, 0.3) is 0 Å². The second-order valence-electron chi connectivity index (χ2n) is 2.53. The monoisotopic (exact) mass is 202 g/mol. The van der Waals surface area contributed by atoms with Crippen LogP contribution in [-0.4, -0.2) is 23.8 Å². The number of nitrogens with two attached hydrogens (primary N) is 1. The average Bonchev–Trinajstić information content (AvgIpc) is 2.17. The number of aliphatic hydroxyl groups is 1. The highest BCUT2D eigenvalue weighted by atomic mass is 35.5. The fourth-order valence-electron chi connectivity index (χ4n) is 0.888. The van der Waals surface area contributed by atoms with Crippen LogP contribution in [0.2, 0.25) is 5.02 Å². The van der Waals surface area contributed by atoms with Crippen molar-refractivity contribution in [3.05, 3.63) is 23.0 Å². The second kappa shape index (κ2) is 4.41. The van der Waals surface area contributed by atoms with Crippen LogP contribution in [-0.2, 0) is 0 Å². The number of halogens is 1. The van der Waals surface area contributed by atoms with E-state index in [1.54, 1.807) is 6.07 Å². The summed E-state index contributed by atoms with van der Waals surface area (Å²) in [5.74, 6) is 0.510. The van der Waals surface area contributed by atoms with E-state index in [1.165, 1.54) is 13.3 Å². The molecule has 1 atom stereocenters. The molecule has 1 heterocycles. The van der Waals surface area contributed by atoms with Crippen LogP contribution >= 0.6 is 11.6 Å². The molecule has 0 spiro atoms. The number of hydrogen-bond acceptors (Lipinski definition) is 4. The topological polar surface area (TPSA) is 68.4 Å². The van der Waals surface area contributed by atoms with Crippen molar-refractivity contribution in [3.8, 4) is 5.75 Å². The van der Waals surface area contributed by atoms with Crippen molar-refractivity contribution in [1.82, 2.24) is 4.98 Å². The minimum Gasteiger partial charge on any atom is -0.495 e. The predicted octanol–water partition coefficient (Wildman–Crippen LogP) is 0.736. The van der Waals surface area contributed by atoms with Gasteiger partial charge in [-0.3, -0.25) is 4.98 Å². The van der Waals surface area contributed by atoms with Gasteiger partial charge in [0.15, 0.2) is 0 Å². The van der Waals surface area contributed by atoms with Gasteiger partial charge in [-0.25, -0.2) is 0 Å². The Balaban J connectivity index is 2.99. The van der Waals surface area contributed by atoms with E-state index < -0.39 is 6.04 Å². The first-order chi connectivity index (χ1) is 6.19. The molecular formula is C8H11ClN2O2. The minimum atomic E-state index is -0.494. The lowest BCUT2D eigenvalue weighted by Crippen LogP contribution is -2.15. The van der Waals surface area contributed by atoms with Crippen LogP contribution in [0, 0.1) is 0 Å². The van der Waals surface area contributed by atoms with E-state index in [1.807, 2.05) is 0 Å². The van der Waals surface area contributed by atoms with Gasteiger partial charge in [-0.1, -0.05) is 11.6 Å². The zero-order valence-corrected chi connectivity index (χ0v) is 7.95. The number of aliphatic hydroxyl groups excluding tert-OH is 1. The predicted molar refractivity (Wildman–Crippen MR) is 49.8 cm³/mol. The molecule has 0 bridgehead atoms. The summed E-state index contributed by atoms with van der Waals surface area (Å²) >= 11 is 5.75. The SMILES string of the molecule is COc1cc(C(N)CO)ncc1Cl. The van der Waals surface area contributed by atoms with Gasteiger partial charge in [-0.2, -0.15) is 0 Å². The van der Waals surface area contributed by atoms with E-state index in [-0.39, 0.29) is 6.61 Å². The van der Waals surface area contributed by atoms with Crippen molar-refractivity contribution < 1.29 is 9.84 Å². The van der Waals surface area contributed by atoms with Gasteiger partial charge in [0.05, 0.1) is 25.5 Å². The summed E-state index contributed by atoms with van der Waals surface area (Å²) in [6.07, 6.45) is 1.45. The number of hydrogen-bond donors (Lipinski definition) is 2. The van der Waals surface area contributed by atoms with Crippen LogP contribution in [0.1, 0.15) is 11.7 Å². The molecule has 0 aliphatic rings. The summed E-state index contributed by atoms with van der Waals surface area (Å²) in [4.78, 5) is 3.96. The van der Waals surface area contributed by atoms with Crippen molar-refractivity contribution in [2.75, 3.05) is 13.7 Å². The van der Waals surface area contributed by atoms with Crippen molar-refractivity contribution >= 4 is 11.6 Å². The molecule has 1 aromatic rings. The molecule has 0 saturated carbocycles. The average molecular weight is 203 g/mol. The van der Waals surface area contributed by atoms with Gasteiger partial charge < -0.3 is 15.6 Å². The van der Waals surface area contributed by atoms with Crippen LogP contribution in [0.3, 0.4) is 0 Å². The Hall–Kier alpha value is -0.840. The number of pyridine rings is 1. The molecule has 0 aliphatic carbocycles. The number of nitrogens with zero attached hydrogens (tertiary/aromatic N) is 1. The summed E-state index contributed by atoms with van der Waals surface area (Å²) in [6, 6.07) is 1.12. The first kappa shape index (κ1) is 10.2. The highest BCUT2D eigenvalue weighted by Gasteiger charge is 2.09. The molecule has 0 radical (unpaired) electrons. The molecule has 5 heteroatoms. The summed E-state index contributed by atoms with van der Waals surface area (Å²) in [5.41, 5.74) is 6.12. The zero-order chi connectivity index (χ0) is 9.84. The molecule has 0 aliphatic heterocycles. The lowest BCUT2D eigenvalue weighted by Gasteiger charge is -2.09. The highest BCUT2D eigenvalue weighted by Crippen LogP contribution is 2.24. The Morgan fingerprint density at radius 3 is 3.00 bits per heavy atom. The molecule has 0 amide bonds. The van der Waals surface area contributed by atoms with Crippen LogP contribution in [0.25, 0.3) is 0 Å². The molecule has 1 aromatic heterocycles. The molecule has 1 unspecified atom stereocenters. The molecule has 0 fully saturated rings. The maximum Gasteiger partial charge on any atom is 0.140 e. The van der Waals surface area contributed by atoms with Crippen LogP contribution in [0.5, 0.6) is 5.75 Å². The lowest BCUT2D eigenvalue weighted by atomic mass is 10.2. The largest absolute Gasteiger partial charge is 0.495 e. The van der Waals surface area contributed by atoms with Gasteiger partial charge in [0.1, 0.15) is 10.8 Å². The first-order valence-electron chi connectivity index (χ1n) is 3.75. The number of methoxy groups -OCH3 is 1. The maximum atomic E-state index is 8.78. The quantitative estimate of drug-likeness (QED) is 0.759. The third-order valence-electron chi connectivity index (χ3n) is 1.64. The Morgan fingerprint density at radius 1 is 1.77 bits per heavy atom. The van der Waals surface area contributed by atoms with Crippen molar-refractivity contribution in [2.45, 2.75) is 6.04 Å². The molecular weight excluding hydrogens is 192 g/mol. The molecule has 1 rings (SSSR count). The van der Waals surface area contributed by atoms with Gasteiger partial charge >= 0.3 is 0 Å². The van der Waals surface area contributed by atoms with Gasteiger partial charge in [0.2, 0.25) is 0 Å². The Bertz CT molecular complexity index is 293. The third kappa shape index (κ3) is 2.30. The summed E-state index contributed by atoms with van der Waals surface area (Å²) in [6.45, 7) is -0.155. The molecule has 0 saturated heterocycles. The fourth-order valence-corrected chi connectivity index (χ4v) is 1.07. The van der Waals surface area contributed by atoms with Crippen molar-refractivity contribution in [3.63, 3.8) is 0 Å². The van der Waals surface area contributed by atoms with Crippen molar-refractivity contribution in [2.24, 2.45) is 5.73 Å².